The third kappa shape index (κ3) is 3.37. The van der Waals surface area contributed by atoms with Gasteiger partial charge in [-0.1, -0.05) is 6.07 Å². The molecule has 29 heavy (non-hydrogen) atoms. The van der Waals surface area contributed by atoms with Crippen LogP contribution in [0.3, 0.4) is 0 Å². The Hall–Kier alpha value is -3.22. The van der Waals surface area contributed by atoms with Gasteiger partial charge in [-0.15, -0.1) is 0 Å². The van der Waals surface area contributed by atoms with Gasteiger partial charge < -0.3 is 14.2 Å². The quantitative estimate of drug-likeness (QED) is 0.681. The summed E-state index contributed by atoms with van der Waals surface area (Å²) in [5.41, 5.74) is 2.32. The summed E-state index contributed by atoms with van der Waals surface area (Å²) in [7, 11) is 0. The normalized spacial score (nSPS) is 19.3. The first-order chi connectivity index (χ1) is 14.2. The van der Waals surface area contributed by atoms with Crippen LogP contribution in [-0.4, -0.2) is 46.9 Å². The molecule has 5 rings (SSSR count). The van der Waals surface area contributed by atoms with Crippen molar-refractivity contribution in [2.75, 3.05) is 36.0 Å². The maximum Gasteiger partial charge on any atom is 0.225 e. The second kappa shape index (κ2) is 7.31. The highest BCUT2D eigenvalue weighted by atomic mass is 16.3. The Morgan fingerprint density at radius 2 is 1.83 bits per heavy atom. The van der Waals surface area contributed by atoms with Gasteiger partial charge in [0.1, 0.15) is 11.6 Å². The number of ketones is 1. The molecule has 0 saturated carbocycles. The van der Waals surface area contributed by atoms with Crippen LogP contribution in [0.25, 0.3) is 0 Å². The Balaban J connectivity index is 1.37. The second-order valence-corrected chi connectivity index (χ2v) is 7.64. The molecule has 0 amide bonds. The van der Waals surface area contributed by atoms with Crippen molar-refractivity contribution in [3.63, 3.8) is 0 Å². The van der Waals surface area contributed by atoms with Crippen LogP contribution in [0.5, 0.6) is 0 Å². The van der Waals surface area contributed by atoms with E-state index in [2.05, 4.69) is 19.8 Å². The van der Waals surface area contributed by atoms with Gasteiger partial charge in [0.25, 0.3) is 0 Å². The van der Waals surface area contributed by atoms with Crippen LogP contribution in [-0.2, 0) is 6.42 Å². The number of rotatable bonds is 3. The first-order valence-electron chi connectivity index (χ1n) is 10.0. The Bertz CT molecular complexity index is 1010. The summed E-state index contributed by atoms with van der Waals surface area (Å²) in [6.45, 7) is 5.29. The minimum atomic E-state index is 0.0492. The van der Waals surface area contributed by atoms with Crippen LogP contribution >= 0.6 is 0 Å². The third-order valence-electron chi connectivity index (χ3n) is 5.78. The number of carbonyl (C=O) groups excluding carboxylic acids is 1. The maximum atomic E-state index is 12.8. The summed E-state index contributed by atoms with van der Waals surface area (Å²) >= 11 is 0. The van der Waals surface area contributed by atoms with E-state index in [0.29, 0.717) is 18.4 Å². The van der Waals surface area contributed by atoms with Crippen LogP contribution in [0.2, 0.25) is 0 Å². The first kappa shape index (κ1) is 17.8. The minimum Gasteiger partial charge on any atom is -0.469 e. The van der Waals surface area contributed by atoms with Crippen LogP contribution in [0.1, 0.15) is 39.8 Å². The summed E-state index contributed by atoms with van der Waals surface area (Å²) in [5.74, 6) is 2.73. The predicted octanol–water partition coefficient (Wildman–Crippen LogP) is 3.01. The summed E-state index contributed by atoms with van der Waals surface area (Å²) < 4.78 is 5.55. The Labute approximate surface area is 169 Å². The monoisotopic (exact) mass is 389 g/mol. The number of nitrogens with zero attached hydrogens (tertiary/aromatic N) is 5. The van der Waals surface area contributed by atoms with Crippen molar-refractivity contribution in [2.24, 2.45) is 0 Å². The fourth-order valence-corrected chi connectivity index (χ4v) is 4.30. The molecule has 1 atom stereocenters. The molecule has 3 aromatic heterocycles. The summed E-state index contributed by atoms with van der Waals surface area (Å²) in [5, 5.41) is 0. The van der Waals surface area contributed by atoms with Crippen LogP contribution in [0.4, 0.5) is 11.8 Å². The topological polar surface area (TPSA) is 75.4 Å². The van der Waals surface area contributed by atoms with Gasteiger partial charge in [-0.2, -0.15) is 0 Å². The van der Waals surface area contributed by atoms with E-state index in [1.807, 2.05) is 43.5 Å². The van der Waals surface area contributed by atoms with E-state index in [-0.39, 0.29) is 11.7 Å². The lowest BCUT2D eigenvalue weighted by Gasteiger charge is -2.36. The zero-order valence-corrected chi connectivity index (χ0v) is 16.4. The number of furan rings is 1. The molecule has 4 heterocycles. The highest BCUT2D eigenvalue weighted by molar-refractivity contribution is 5.99. The largest absolute Gasteiger partial charge is 0.469 e. The molecular formula is C22H23N5O2. The third-order valence-corrected chi connectivity index (χ3v) is 5.78. The van der Waals surface area contributed by atoms with Gasteiger partial charge in [0.05, 0.1) is 23.2 Å². The van der Waals surface area contributed by atoms with Crippen LogP contribution in [0.15, 0.2) is 47.2 Å². The molecule has 1 aliphatic carbocycles. The molecule has 1 saturated heterocycles. The van der Waals surface area contributed by atoms with Crippen molar-refractivity contribution < 1.29 is 9.21 Å². The zero-order chi connectivity index (χ0) is 19.8. The number of aromatic nitrogens is 3. The number of fused-ring (bicyclic) bond motifs is 1. The molecule has 0 unspecified atom stereocenters. The molecule has 3 aromatic rings. The Morgan fingerprint density at radius 3 is 2.55 bits per heavy atom. The Kier molecular flexibility index (Phi) is 4.50. The number of Topliss-reactive ketones (excluding diaryl/α,β-unsaturated/α-hetero) is 1. The predicted molar refractivity (Wildman–Crippen MR) is 110 cm³/mol. The van der Waals surface area contributed by atoms with Gasteiger partial charge >= 0.3 is 0 Å². The van der Waals surface area contributed by atoms with Crippen molar-refractivity contribution >= 4 is 17.5 Å². The van der Waals surface area contributed by atoms with E-state index in [1.54, 1.807) is 6.26 Å². The van der Waals surface area contributed by atoms with Crippen molar-refractivity contribution in [1.29, 1.82) is 0 Å². The van der Waals surface area contributed by atoms with Gasteiger partial charge in [0.2, 0.25) is 5.95 Å². The smallest absolute Gasteiger partial charge is 0.225 e. The molecular weight excluding hydrogens is 366 g/mol. The van der Waals surface area contributed by atoms with Gasteiger partial charge in [-0.05, 0) is 31.2 Å². The number of hydrogen-bond donors (Lipinski definition) is 0. The number of carbonyl (C=O) groups is 1. The first-order valence-corrected chi connectivity index (χ1v) is 10.0. The van der Waals surface area contributed by atoms with E-state index in [4.69, 9.17) is 9.40 Å². The average Bonchev–Trinajstić information content (AvgIpc) is 3.29. The number of aryl methyl sites for hydroxylation is 1. The van der Waals surface area contributed by atoms with Crippen molar-refractivity contribution in [3.8, 4) is 0 Å². The van der Waals surface area contributed by atoms with Gasteiger partial charge in [-0.25, -0.2) is 15.0 Å². The van der Waals surface area contributed by atoms with Gasteiger partial charge in [0.15, 0.2) is 5.78 Å². The van der Waals surface area contributed by atoms with E-state index in [0.717, 1.165) is 55.1 Å². The molecule has 0 bridgehead atoms. The van der Waals surface area contributed by atoms with E-state index in [9.17, 15) is 4.79 Å². The number of hydrogen-bond acceptors (Lipinski definition) is 7. The molecule has 0 aromatic carbocycles. The summed E-state index contributed by atoms with van der Waals surface area (Å²) in [4.78, 5) is 31.2. The SMILES string of the molecule is Cc1nc(N2CCN(c3ccccn3)CC2)nc2c1C(=O)C[C@@H](c1ccco1)C2. The molecule has 2 aliphatic rings. The fraction of sp³-hybridized carbons (Fsp3) is 0.364. The number of piperazine rings is 1. The molecule has 0 N–H and O–H groups in total. The number of anilines is 2. The van der Waals surface area contributed by atoms with Gasteiger partial charge in [-0.3, -0.25) is 4.79 Å². The molecule has 7 heteroatoms. The maximum absolute atomic E-state index is 12.8. The van der Waals surface area contributed by atoms with E-state index in [1.165, 1.54) is 0 Å². The van der Waals surface area contributed by atoms with Crippen LogP contribution in [0, 0.1) is 6.92 Å². The average molecular weight is 389 g/mol. The van der Waals surface area contributed by atoms with Crippen molar-refractivity contribution in [2.45, 2.75) is 25.7 Å². The molecule has 1 fully saturated rings. The second-order valence-electron chi connectivity index (χ2n) is 7.64. The minimum absolute atomic E-state index is 0.0492. The molecule has 7 nitrogen and oxygen atoms in total. The van der Waals surface area contributed by atoms with Crippen molar-refractivity contribution in [1.82, 2.24) is 15.0 Å². The lowest BCUT2D eigenvalue weighted by Crippen LogP contribution is -2.47. The van der Waals surface area contributed by atoms with E-state index < -0.39 is 0 Å². The summed E-state index contributed by atoms with van der Waals surface area (Å²) in [6, 6.07) is 9.79. The molecule has 0 radical (unpaired) electrons. The summed E-state index contributed by atoms with van der Waals surface area (Å²) in [6.07, 6.45) is 4.64. The fourth-order valence-electron chi connectivity index (χ4n) is 4.30. The lowest BCUT2D eigenvalue weighted by molar-refractivity contribution is 0.0958. The Morgan fingerprint density at radius 1 is 1.00 bits per heavy atom. The highest BCUT2D eigenvalue weighted by Gasteiger charge is 2.32. The van der Waals surface area contributed by atoms with Crippen molar-refractivity contribution in [3.05, 3.63) is 65.5 Å². The standard InChI is InChI=1S/C22H23N5O2/c1-15-21-17(13-16(14-18(21)28)19-5-4-12-29-19)25-22(24-15)27-10-8-26(9-11-27)20-6-2-3-7-23-20/h2-7,12,16H,8-11,13-14H2,1H3/t16-/m0/s1. The zero-order valence-electron chi connectivity index (χ0n) is 16.4. The molecule has 1 aliphatic heterocycles. The van der Waals surface area contributed by atoms with Crippen LogP contribution < -0.4 is 9.80 Å². The van der Waals surface area contributed by atoms with Gasteiger partial charge in [0, 0.05) is 51.1 Å². The molecule has 0 spiro atoms. The molecule has 148 valence electrons. The number of pyridine rings is 1. The lowest BCUT2D eigenvalue weighted by atomic mass is 9.84. The highest BCUT2D eigenvalue weighted by Crippen LogP contribution is 2.34. The van der Waals surface area contributed by atoms with E-state index >= 15 is 0 Å².